The van der Waals surface area contributed by atoms with Crippen LogP contribution in [0, 0.1) is 12.3 Å². The molecule has 2 heteroatoms. The third-order valence-electron chi connectivity index (χ3n) is 4.92. The minimum atomic E-state index is 0.224. The van der Waals surface area contributed by atoms with E-state index in [4.69, 9.17) is 6.42 Å². The van der Waals surface area contributed by atoms with E-state index in [-0.39, 0.29) is 5.41 Å². The van der Waals surface area contributed by atoms with Crippen molar-refractivity contribution in [1.29, 1.82) is 0 Å². The number of hydrogen-bond acceptors (Lipinski definition) is 2. The summed E-state index contributed by atoms with van der Waals surface area (Å²) >= 11 is 0. The zero-order valence-electron chi connectivity index (χ0n) is 15.2. The third kappa shape index (κ3) is 5.01. The molecule has 23 heavy (non-hydrogen) atoms. The number of hydrogen-bond donors (Lipinski definition) is 1. The molecule has 1 aliphatic rings. The number of rotatable bonds is 5. The zero-order valence-corrected chi connectivity index (χ0v) is 15.2. The number of piperidine rings is 1. The SMILES string of the molecule is C#CC[C@@H](CC)NC1CCN(c2ccc(C(C)(C)C)cc2)CC1. The van der Waals surface area contributed by atoms with Crippen LogP contribution in [0.4, 0.5) is 5.69 Å². The molecule has 0 spiro atoms. The summed E-state index contributed by atoms with van der Waals surface area (Å²) in [5.41, 5.74) is 2.98. The predicted octanol–water partition coefficient (Wildman–Crippen LogP) is 4.34. The molecule has 2 nitrogen and oxygen atoms in total. The van der Waals surface area contributed by atoms with E-state index in [9.17, 15) is 0 Å². The number of terminal acetylenes is 1. The minimum Gasteiger partial charge on any atom is -0.371 e. The second-order valence-corrected chi connectivity index (χ2v) is 7.74. The molecule has 1 aliphatic heterocycles. The summed E-state index contributed by atoms with van der Waals surface area (Å²) in [5, 5.41) is 3.74. The fraction of sp³-hybridized carbons (Fsp3) is 0.619. The maximum absolute atomic E-state index is 5.45. The van der Waals surface area contributed by atoms with Crippen LogP contribution < -0.4 is 10.2 Å². The van der Waals surface area contributed by atoms with Gasteiger partial charge in [-0.3, -0.25) is 0 Å². The first-order valence-corrected chi connectivity index (χ1v) is 8.99. The monoisotopic (exact) mass is 312 g/mol. The highest BCUT2D eigenvalue weighted by Crippen LogP contribution is 2.26. The lowest BCUT2D eigenvalue weighted by molar-refractivity contribution is 0.362. The second-order valence-electron chi connectivity index (χ2n) is 7.74. The van der Waals surface area contributed by atoms with Gasteiger partial charge in [0.2, 0.25) is 0 Å². The van der Waals surface area contributed by atoms with Crippen LogP contribution in [0.2, 0.25) is 0 Å². The van der Waals surface area contributed by atoms with Crippen LogP contribution in [0.25, 0.3) is 0 Å². The highest BCUT2D eigenvalue weighted by Gasteiger charge is 2.21. The van der Waals surface area contributed by atoms with Crippen molar-refractivity contribution in [3.8, 4) is 12.3 Å². The van der Waals surface area contributed by atoms with Gasteiger partial charge in [-0.15, -0.1) is 12.3 Å². The Morgan fingerprint density at radius 1 is 1.22 bits per heavy atom. The predicted molar refractivity (Wildman–Crippen MR) is 101 cm³/mol. The van der Waals surface area contributed by atoms with E-state index in [1.165, 1.54) is 24.1 Å². The van der Waals surface area contributed by atoms with Gasteiger partial charge in [0.15, 0.2) is 0 Å². The Morgan fingerprint density at radius 3 is 2.30 bits per heavy atom. The van der Waals surface area contributed by atoms with Gasteiger partial charge in [-0.25, -0.2) is 0 Å². The van der Waals surface area contributed by atoms with Crippen LogP contribution in [-0.2, 0) is 5.41 Å². The first-order valence-electron chi connectivity index (χ1n) is 8.99. The summed E-state index contributed by atoms with van der Waals surface area (Å²) in [6.07, 6.45) is 9.79. The van der Waals surface area contributed by atoms with Gasteiger partial charge in [0.05, 0.1) is 0 Å². The van der Waals surface area contributed by atoms with Crippen molar-refractivity contribution in [3.63, 3.8) is 0 Å². The van der Waals surface area contributed by atoms with E-state index in [0.717, 1.165) is 25.9 Å². The van der Waals surface area contributed by atoms with Crippen molar-refractivity contribution < 1.29 is 0 Å². The van der Waals surface area contributed by atoms with Gasteiger partial charge in [0.25, 0.3) is 0 Å². The molecule has 1 heterocycles. The number of anilines is 1. The molecule has 1 saturated heterocycles. The van der Waals surface area contributed by atoms with E-state index in [0.29, 0.717) is 12.1 Å². The van der Waals surface area contributed by atoms with Crippen molar-refractivity contribution in [2.75, 3.05) is 18.0 Å². The van der Waals surface area contributed by atoms with Crippen LogP contribution >= 0.6 is 0 Å². The number of benzene rings is 1. The molecule has 1 aromatic rings. The van der Waals surface area contributed by atoms with Crippen molar-refractivity contribution >= 4 is 5.69 Å². The smallest absolute Gasteiger partial charge is 0.0366 e. The molecule has 2 rings (SSSR count). The van der Waals surface area contributed by atoms with Crippen molar-refractivity contribution in [3.05, 3.63) is 29.8 Å². The van der Waals surface area contributed by atoms with Crippen LogP contribution in [0.15, 0.2) is 24.3 Å². The Bertz CT molecular complexity index is 510. The highest BCUT2D eigenvalue weighted by atomic mass is 15.1. The molecule has 0 bridgehead atoms. The Kier molecular flexibility index (Phi) is 6.13. The van der Waals surface area contributed by atoms with E-state index in [1.54, 1.807) is 0 Å². The average molecular weight is 313 g/mol. The molecular weight excluding hydrogens is 280 g/mol. The minimum absolute atomic E-state index is 0.224. The summed E-state index contributed by atoms with van der Waals surface area (Å²) in [7, 11) is 0. The summed E-state index contributed by atoms with van der Waals surface area (Å²) in [6.45, 7) is 11.2. The van der Waals surface area contributed by atoms with Gasteiger partial charge >= 0.3 is 0 Å². The van der Waals surface area contributed by atoms with Gasteiger partial charge in [0.1, 0.15) is 0 Å². The first kappa shape index (κ1) is 17.9. The lowest BCUT2D eigenvalue weighted by atomic mass is 9.87. The molecule has 0 aromatic heterocycles. The summed E-state index contributed by atoms with van der Waals surface area (Å²) in [6, 6.07) is 10.2. The lowest BCUT2D eigenvalue weighted by Crippen LogP contribution is -2.46. The maximum atomic E-state index is 5.45. The first-order chi connectivity index (χ1) is 10.9. The highest BCUT2D eigenvalue weighted by molar-refractivity contribution is 5.49. The van der Waals surface area contributed by atoms with E-state index in [2.05, 4.69) is 68.1 Å². The summed E-state index contributed by atoms with van der Waals surface area (Å²) < 4.78 is 0. The summed E-state index contributed by atoms with van der Waals surface area (Å²) in [5.74, 6) is 2.79. The second kappa shape index (κ2) is 7.88. The summed E-state index contributed by atoms with van der Waals surface area (Å²) in [4.78, 5) is 2.51. The lowest BCUT2D eigenvalue weighted by Gasteiger charge is -2.35. The van der Waals surface area contributed by atoms with Gasteiger partial charge < -0.3 is 10.2 Å². The zero-order chi connectivity index (χ0) is 16.9. The fourth-order valence-electron chi connectivity index (χ4n) is 3.27. The molecule has 126 valence electrons. The molecule has 0 unspecified atom stereocenters. The third-order valence-corrected chi connectivity index (χ3v) is 4.92. The fourth-order valence-corrected chi connectivity index (χ4v) is 3.27. The van der Waals surface area contributed by atoms with Crippen LogP contribution in [0.5, 0.6) is 0 Å². The van der Waals surface area contributed by atoms with Gasteiger partial charge in [-0.1, -0.05) is 39.8 Å². The van der Waals surface area contributed by atoms with Crippen LogP contribution in [0.3, 0.4) is 0 Å². The normalized spacial score (nSPS) is 17.8. The molecule has 0 saturated carbocycles. The number of nitrogens with zero attached hydrogens (tertiary/aromatic N) is 1. The van der Waals surface area contributed by atoms with Gasteiger partial charge in [0, 0.05) is 37.3 Å². The van der Waals surface area contributed by atoms with Crippen molar-refractivity contribution in [1.82, 2.24) is 5.32 Å². The van der Waals surface area contributed by atoms with Crippen molar-refractivity contribution in [2.45, 2.75) is 70.9 Å². The Labute approximate surface area is 142 Å². The van der Waals surface area contributed by atoms with Crippen LogP contribution in [0.1, 0.15) is 58.9 Å². The average Bonchev–Trinajstić information content (AvgIpc) is 2.54. The van der Waals surface area contributed by atoms with Crippen LogP contribution in [-0.4, -0.2) is 25.2 Å². The number of nitrogens with one attached hydrogen (secondary N) is 1. The Balaban J connectivity index is 1.88. The molecule has 0 amide bonds. The van der Waals surface area contributed by atoms with Gasteiger partial charge in [-0.2, -0.15) is 0 Å². The van der Waals surface area contributed by atoms with Gasteiger partial charge in [-0.05, 0) is 42.4 Å². The Morgan fingerprint density at radius 2 is 1.83 bits per heavy atom. The molecular formula is C21H32N2. The van der Waals surface area contributed by atoms with E-state index in [1.807, 2.05) is 0 Å². The maximum Gasteiger partial charge on any atom is 0.0366 e. The largest absolute Gasteiger partial charge is 0.371 e. The molecule has 0 radical (unpaired) electrons. The van der Waals surface area contributed by atoms with Crippen molar-refractivity contribution in [2.24, 2.45) is 0 Å². The quantitative estimate of drug-likeness (QED) is 0.813. The van der Waals surface area contributed by atoms with E-state index < -0.39 is 0 Å². The molecule has 1 aromatic carbocycles. The molecule has 1 N–H and O–H groups in total. The van der Waals surface area contributed by atoms with E-state index >= 15 is 0 Å². The standard InChI is InChI=1S/C21H32N2/c1-6-8-18(7-2)22-19-13-15-23(16-14-19)20-11-9-17(10-12-20)21(3,4)5/h1,9-12,18-19,22H,7-8,13-16H2,2-5H3/t18-/m1/s1. The topological polar surface area (TPSA) is 15.3 Å². The Hall–Kier alpha value is -1.46. The molecule has 1 atom stereocenters. The molecule has 0 aliphatic carbocycles. The molecule has 1 fully saturated rings.